The van der Waals surface area contributed by atoms with Crippen molar-refractivity contribution in [2.75, 3.05) is 0 Å². The van der Waals surface area contributed by atoms with E-state index in [1.54, 1.807) is 6.92 Å². The highest BCUT2D eigenvalue weighted by molar-refractivity contribution is 5.91. The van der Waals surface area contributed by atoms with Gasteiger partial charge in [0.05, 0.1) is 11.3 Å². The molecule has 94 valence electrons. The van der Waals surface area contributed by atoms with E-state index in [4.69, 9.17) is 5.11 Å². The molecule has 0 aliphatic rings. The molecule has 7 heteroatoms. The zero-order valence-electron chi connectivity index (χ0n) is 9.25. The summed E-state index contributed by atoms with van der Waals surface area (Å²) in [6.07, 6.45) is -3.37. The molecule has 17 heavy (non-hydrogen) atoms. The third kappa shape index (κ3) is 3.08. The molecule has 0 aliphatic heterocycles. The summed E-state index contributed by atoms with van der Waals surface area (Å²) < 4.78 is 39.4. The molecule has 0 fully saturated rings. The SMILES string of the molecule is CCn1cc(C(=CC(=O)O)C(F)(F)F)c(C)n1. The first-order chi connectivity index (χ1) is 7.75. The fraction of sp³-hybridized carbons (Fsp3) is 0.400. The van der Waals surface area contributed by atoms with Crippen molar-refractivity contribution in [2.45, 2.75) is 26.6 Å². The highest BCUT2D eigenvalue weighted by atomic mass is 19.4. The van der Waals surface area contributed by atoms with Gasteiger partial charge in [0.25, 0.3) is 0 Å². The van der Waals surface area contributed by atoms with Crippen LogP contribution in [-0.2, 0) is 11.3 Å². The molecule has 1 rings (SSSR count). The van der Waals surface area contributed by atoms with Crippen LogP contribution in [0.25, 0.3) is 5.57 Å². The van der Waals surface area contributed by atoms with Crippen molar-refractivity contribution in [1.82, 2.24) is 9.78 Å². The Balaban J connectivity index is 3.32. The Kier molecular flexibility index (Phi) is 3.59. The van der Waals surface area contributed by atoms with Crippen molar-refractivity contribution in [3.05, 3.63) is 23.5 Å². The van der Waals surface area contributed by atoms with Crippen molar-refractivity contribution in [3.8, 4) is 0 Å². The third-order valence-corrected chi connectivity index (χ3v) is 2.13. The van der Waals surface area contributed by atoms with Gasteiger partial charge in [0.2, 0.25) is 0 Å². The number of aliphatic carboxylic acids is 1. The van der Waals surface area contributed by atoms with Gasteiger partial charge in [-0.05, 0) is 13.8 Å². The summed E-state index contributed by atoms with van der Waals surface area (Å²) >= 11 is 0. The number of alkyl halides is 3. The van der Waals surface area contributed by atoms with E-state index in [2.05, 4.69) is 5.10 Å². The minimum Gasteiger partial charge on any atom is -0.478 e. The van der Waals surface area contributed by atoms with Crippen LogP contribution in [0.3, 0.4) is 0 Å². The molecule has 1 N–H and O–H groups in total. The van der Waals surface area contributed by atoms with Crippen LogP contribution in [-0.4, -0.2) is 27.0 Å². The number of carboxylic acids is 1. The number of aryl methyl sites for hydroxylation is 2. The summed E-state index contributed by atoms with van der Waals surface area (Å²) in [6, 6.07) is 0. The van der Waals surface area contributed by atoms with Gasteiger partial charge >= 0.3 is 12.1 Å². The second-order valence-corrected chi connectivity index (χ2v) is 3.38. The first-order valence-corrected chi connectivity index (χ1v) is 4.82. The first-order valence-electron chi connectivity index (χ1n) is 4.82. The van der Waals surface area contributed by atoms with Crippen LogP contribution >= 0.6 is 0 Å². The Morgan fingerprint density at radius 3 is 2.53 bits per heavy atom. The standard InChI is InChI=1S/C10H11F3N2O2/c1-3-15-5-7(6(2)14-15)8(4-9(16)17)10(11,12)13/h4-5H,3H2,1-2H3,(H,16,17). The fourth-order valence-electron chi connectivity index (χ4n) is 1.38. The third-order valence-electron chi connectivity index (χ3n) is 2.13. The summed E-state index contributed by atoms with van der Waals surface area (Å²) in [5.74, 6) is -1.64. The molecule has 0 unspecified atom stereocenters. The number of nitrogens with zero attached hydrogens (tertiary/aromatic N) is 2. The molecule has 1 heterocycles. The Labute approximate surface area is 95.4 Å². The lowest BCUT2D eigenvalue weighted by atomic mass is 10.1. The van der Waals surface area contributed by atoms with E-state index in [0.717, 1.165) is 0 Å². The van der Waals surface area contributed by atoms with E-state index >= 15 is 0 Å². The average Bonchev–Trinajstić information content (AvgIpc) is 2.54. The summed E-state index contributed by atoms with van der Waals surface area (Å²) in [5, 5.41) is 12.3. The van der Waals surface area contributed by atoms with Crippen LogP contribution in [0.2, 0.25) is 0 Å². The first kappa shape index (κ1) is 13.3. The molecule has 0 amide bonds. The Bertz CT molecular complexity index is 461. The van der Waals surface area contributed by atoms with Crippen molar-refractivity contribution >= 4 is 11.5 Å². The molecule has 0 bridgehead atoms. The maximum atomic E-state index is 12.7. The largest absolute Gasteiger partial charge is 0.478 e. The molecule has 1 aromatic rings. The quantitative estimate of drug-likeness (QED) is 0.834. The monoisotopic (exact) mass is 248 g/mol. The van der Waals surface area contributed by atoms with Crippen LogP contribution in [0, 0.1) is 6.92 Å². The summed E-state index contributed by atoms with van der Waals surface area (Å²) in [5.41, 5.74) is -1.25. The fourth-order valence-corrected chi connectivity index (χ4v) is 1.38. The molecular weight excluding hydrogens is 237 g/mol. The normalized spacial score (nSPS) is 12.9. The Hall–Kier alpha value is -1.79. The van der Waals surface area contributed by atoms with E-state index < -0.39 is 17.7 Å². The van der Waals surface area contributed by atoms with Crippen molar-refractivity contribution in [1.29, 1.82) is 0 Å². The molecular formula is C10H11F3N2O2. The highest BCUT2D eigenvalue weighted by Gasteiger charge is 2.37. The maximum Gasteiger partial charge on any atom is 0.417 e. The number of hydrogen-bond donors (Lipinski definition) is 1. The smallest absolute Gasteiger partial charge is 0.417 e. The van der Waals surface area contributed by atoms with E-state index in [-0.39, 0.29) is 17.3 Å². The summed E-state index contributed by atoms with van der Waals surface area (Å²) in [4.78, 5) is 10.4. The number of aromatic nitrogens is 2. The zero-order chi connectivity index (χ0) is 13.2. The maximum absolute atomic E-state index is 12.7. The van der Waals surface area contributed by atoms with Gasteiger partial charge in [-0.2, -0.15) is 18.3 Å². The van der Waals surface area contributed by atoms with E-state index in [1.807, 2.05) is 0 Å². The molecule has 0 atom stereocenters. The van der Waals surface area contributed by atoms with Gasteiger partial charge in [-0.15, -0.1) is 0 Å². The minimum absolute atomic E-state index is 0.150. The predicted molar refractivity (Wildman–Crippen MR) is 54.3 cm³/mol. The van der Waals surface area contributed by atoms with Gasteiger partial charge in [-0.25, -0.2) is 4.79 Å². The molecule has 0 saturated carbocycles. The van der Waals surface area contributed by atoms with Crippen LogP contribution < -0.4 is 0 Å². The number of hydrogen-bond acceptors (Lipinski definition) is 2. The number of rotatable bonds is 3. The van der Waals surface area contributed by atoms with Crippen molar-refractivity contribution in [2.24, 2.45) is 0 Å². The second kappa shape index (κ2) is 4.60. The predicted octanol–water partition coefficient (Wildman–Crippen LogP) is 2.24. The lowest BCUT2D eigenvalue weighted by Crippen LogP contribution is -2.13. The van der Waals surface area contributed by atoms with E-state index in [9.17, 15) is 18.0 Å². The lowest BCUT2D eigenvalue weighted by Gasteiger charge is -2.09. The van der Waals surface area contributed by atoms with Crippen LogP contribution in [0.1, 0.15) is 18.2 Å². The van der Waals surface area contributed by atoms with E-state index in [0.29, 0.717) is 6.54 Å². The lowest BCUT2D eigenvalue weighted by molar-refractivity contribution is -0.131. The molecule has 0 aromatic carbocycles. The second-order valence-electron chi connectivity index (χ2n) is 3.38. The van der Waals surface area contributed by atoms with Gasteiger partial charge in [0.1, 0.15) is 0 Å². The Morgan fingerprint density at radius 1 is 1.59 bits per heavy atom. The molecule has 0 radical (unpaired) electrons. The van der Waals surface area contributed by atoms with E-state index in [1.165, 1.54) is 17.8 Å². The van der Waals surface area contributed by atoms with Crippen LogP contribution in [0.4, 0.5) is 13.2 Å². The molecule has 0 spiro atoms. The number of halogens is 3. The average molecular weight is 248 g/mol. The van der Waals surface area contributed by atoms with Gasteiger partial charge in [0.15, 0.2) is 0 Å². The molecule has 1 aromatic heterocycles. The molecule has 4 nitrogen and oxygen atoms in total. The van der Waals surface area contributed by atoms with Gasteiger partial charge in [0, 0.05) is 24.4 Å². The highest BCUT2D eigenvalue weighted by Crippen LogP contribution is 2.34. The number of carbonyl (C=O) groups is 1. The van der Waals surface area contributed by atoms with Crippen molar-refractivity contribution in [3.63, 3.8) is 0 Å². The summed E-state index contributed by atoms with van der Waals surface area (Å²) in [6.45, 7) is 3.55. The Morgan fingerprint density at radius 2 is 2.18 bits per heavy atom. The van der Waals surface area contributed by atoms with Crippen LogP contribution in [0.5, 0.6) is 0 Å². The summed E-state index contributed by atoms with van der Waals surface area (Å²) in [7, 11) is 0. The number of carboxylic acid groups (broad SMARTS) is 1. The van der Waals surface area contributed by atoms with Crippen LogP contribution in [0.15, 0.2) is 12.3 Å². The molecule has 0 saturated heterocycles. The topological polar surface area (TPSA) is 55.1 Å². The van der Waals surface area contributed by atoms with Gasteiger partial charge < -0.3 is 5.11 Å². The zero-order valence-corrected chi connectivity index (χ0v) is 9.25. The molecule has 0 aliphatic carbocycles. The van der Waals surface area contributed by atoms with Gasteiger partial charge in [-0.1, -0.05) is 0 Å². The minimum atomic E-state index is -4.72. The number of allylic oxidation sites excluding steroid dienone is 1. The van der Waals surface area contributed by atoms with Crippen molar-refractivity contribution < 1.29 is 23.1 Å². The van der Waals surface area contributed by atoms with Gasteiger partial charge in [-0.3, -0.25) is 4.68 Å².